The molecule has 0 saturated heterocycles. The lowest BCUT2D eigenvalue weighted by molar-refractivity contribution is 0.207. The van der Waals surface area contributed by atoms with E-state index in [-0.39, 0.29) is 6.61 Å². The van der Waals surface area contributed by atoms with E-state index in [0.717, 1.165) is 12.5 Å². The van der Waals surface area contributed by atoms with E-state index in [2.05, 4.69) is 33.0 Å². The van der Waals surface area contributed by atoms with Crippen molar-refractivity contribution >= 4 is 0 Å². The molecule has 74 valence electrons. The molecule has 0 aliphatic rings. The zero-order chi connectivity index (χ0) is 9.56. The van der Waals surface area contributed by atoms with Gasteiger partial charge in [0.15, 0.2) is 0 Å². The van der Waals surface area contributed by atoms with Gasteiger partial charge in [0.05, 0.1) is 0 Å². The van der Waals surface area contributed by atoms with Gasteiger partial charge in [-0.05, 0) is 31.7 Å². The van der Waals surface area contributed by atoms with Crippen molar-refractivity contribution in [1.29, 1.82) is 0 Å². The monoisotopic (exact) mass is 173 g/mol. The maximum atomic E-state index is 8.87. The Hall–Kier alpha value is -0.0800. The molecule has 2 nitrogen and oxygen atoms in total. The fourth-order valence-electron chi connectivity index (χ4n) is 0.959. The summed E-state index contributed by atoms with van der Waals surface area (Å²) in [6, 6.07) is 0.425. The zero-order valence-corrected chi connectivity index (χ0v) is 8.80. The molecule has 12 heavy (non-hydrogen) atoms. The molecule has 0 heterocycles. The summed E-state index contributed by atoms with van der Waals surface area (Å²) in [7, 11) is 0. The molecule has 0 aromatic carbocycles. The average Bonchev–Trinajstić information content (AvgIpc) is 2.02. The molecule has 0 aromatic heterocycles. The van der Waals surface area contributed by atoms with Crippen LogP contribution in [0.1, 0.15) is 34.1 Å². The predicted molar refractivity (Wildman–Crippen MR) is 53.2 cm³/mol. The zero-order valence-electron chi connectivity index (χ0n) is 8.80. The van der Waals surface area contributed by atoms with Crippen molar-refractivity contribution in [2.24, 2.45) is 11.8 Å². The Morgan fingerprint density at radius 2 is 1.75 bits per heavy atom. The molecule has 0 aliphatic carbocycles. The molecule has 2 unspecified atom stereocenters. The van der Waals surface area contributed by atoms with E-state index >= 15 is 0 Å². The van der Waals surface area contributed by atoms with Gasteiger partial charge in [0.2, 0.25) is 0 Å². The first-order valence-corrected chi connectivity index (χ1v) is 4.92. The summed E-state index contributed by atoms with van der Waals surface area (Å²) in [5.41, 5.74) is 0. The van der Waals surface area contributed by atoms with Crippen molar-refractivity contribution in [3.05, 3.63) is 0 Å². The summed E-state index contributed by atoms with van der Waals surface area (Å²) in [6.45, 7) is 9.97. The van der Waals surface area contributed by atoms with Gasteiger partial charge in [-0.3, -0.25) is 0 Å². The normalized spacial score (nSPS) is 16.5. The molecule has 2 heteroatoms. The minimum Gasteiger partial charge on any atom is -0.396 e. The number of aliphatic hydroxyl groups is 1. The van der Waals surface area contributed by atoms with Crippen LogP contribution in [0.5, 0.6) is 0 Å². The van der Waals surface area contributed by atoms with Crippen molar-refractivity contribution in [1.82, 2.24) is 5.32 Å². The Morgan fingerprint density at radius 1 is 1.17 bits per heavy atom. The molecule has 2 N–H and O–H groups in total. The third kappa shape index (κ3) is 5.56. The van der Waals surface area contributed by atoms with E-state index in [1.807, 2.05) is 0 Å². The topological polar surface area (TPSA) is 32.3 Å². The standard InChI is InChI=1S/C10H23NO/c1-8(2)5-6-11-10(4)9(3)7-12/h8-12H,5-7H2,1-4H3. The minimum atomic E-state index is 0.274. The predicted octanol–water partition coefficient (Wildman–Crippen LogP) is 1.64. The highest BCUT2D eigenvalue weighted by Gasteiger charge is 2.09. The van der Waals surface area contributed by atoms with Crippen molar-refractivity contribution < 1.29 is 5.11 Å². The van der Waals surface area contributed by atoms with E-state index < -0.39 is 0 Å². The van der Waals surface area contributed by atoms with Crippen molar-refractivity contribution in [3.63, 3.8) is 0 Å². The van der Waals surface area contributed by atoms with Crippen LogP contribution in [-0.4, -0.2) is 24.3 Å². The van der Waals surface area contributed by atoms with Crippen LogP contribution < -0.4 is 5.32 Å². The van der Waals surface area contributed by atoms with Gasteiger partial charge in [-0.1, -0.05) is 20.8 Å². The number of rotatable bonds is 6. The van der Waals surface area contributed by atoms with Crippen LogP contribution in [0.3, 0.4) is 0 Å². The Balaban J connectivity index is 3.37. The van der Waals surface area contributed by atoms with Gasteiger partial charge < -0.3 is 10.4 Å². The Morgan fingerprint density at radius 3 is 2.17 bits per heavy atom. The number of hydrogen-bond acceptors (Lipinski definition) is 2. The molecule has 2 atom stereocenters. The quantitative estimate of drug-likeness (QED) is 0.640. The lowest BCUT2D eigenvalue weighted by Gasteiger charge is -2.19. The molecule has 0 aliphatic heterocycles. The molecule has 0 radical (unpaired) electrons. The third-order valence-corrected chi connectivity index (χ3v) is 2.33. The Labute approximate surface area is 76.4 Å². The lowest BCUT2D eigenvalue weighted by atomic mass is 10.0. The van der Waals surface area contributed by atoms with Gasteiger partial charge in [-0.25, -0.2) is 0 Å². The second kappa shape index (κ2) is 6.44. The average molecular weight is 173 g/mol. The van der Waals surface area contributed by atoms with Gasteiger partial charge in [-0.15, -0.1) is 0 Å². The van der Waals surface area contributed by atoms with Gasteiger partial charge in [0.1, 0.15) is 0 Å². The lowest BCUT2D eigenvalue weighted by Crippen LogP contribution is -2.34. The second-order valence-corrected chi connectivity index (χ2v) is 4.09. The summed E-state index contributed by atoms with van der Waals surface area (Å²) in [5, 5.41) is 12.3. The number of hydrogen-bond donors (Lipinski definition) is 2. The SMILES string of the molecule is CC(C)CCNC(C)C(C)CO. The van der Waals surface area contributed by atoms with Crippen molar-refractivity contribution in [3.8, 4) is 0 Å². The maximum absolute atomic E-state index is 8.87. The summed E-state index contributed by atoms with van der Waals surface area (Å²) >= 11 is 0. The van der Waals surface area contributed by atoms with Crippen LogP contribution >= 0.6 is 0 Å². The largest absolute Gasteiger partial charge is 0.396 e. The highest BCUT2D eigenvalue weighted by atomic mass is 16.3. The van der Waals surface area contributed by atoms with Crippen LogP contribution in [0.4, 0.5) is 0 Å². The summed E-state index contributed by atoms with van der Waals surface area (Å²) in [5.74, 6) is 1.12. The third-order valence-electron chi connectivity index (χ3n) is 2.33. The van der Waals surface area contributed by atoms with Gasteiger partial charge in [-0.2, -0.15) is 0 Å². The first-order chi connectivity index (χ1) is 5.57. The van der Waals surface area contributed by atoms with Crippen LogP contribution in [-0.2, 0) is 0 Å². The molecule has 0 amide bonds. The molecule has 0 saturated carbocycles. The highest BCUT2D eigenvalue weighted by molar-refractivity contribution is 4.67. The van der Waals surface area contributed by atoms with E-state index in [0.29, 0.717) is 12.0 Å². The molecule has 0 aromatic rings. The smallest absolute Gasteiger partial charge is 0.0471 e. The van der Waals surface area contributed by atoms with Gasteiger partial charge in [0.25, 0.3) is 0 Å². The van der Waals surface area contributed by atoms with E-state index in [1.54, 1.807) is 0 Å². The van der Waals surface area contributed by atoms with Gasteiger partial charge in [0, 0.05) is 12.6 Å². The van der Waals surface area contributed by atoms with E-state index in [4.69, 9.17) is 5.11 Å². The molecule has 0 bridgehead atoms. The fourth-order valence-corrected chi connectivity index (χ4v) is 0.959. The molecule has 0 fully saturated rings. The second-order valence-electron chi connectivity index (χ2n) is 4.09. The van der Waals surface area contributed by atoms with Crippen molar-refractivity contribution in [2.45, 2.75) is 40.2 Å². The minimum absolute atomic E-state index is 0.274. The molecular weight excluding hydrogens is 150 g/mol. The van der Waals surface area contributed by atoms with Crippen LogP contribution in [0.2, 0.25) is 0 Å². The van der Waals surface area contributed by atoms with E-state index in [9.17, 15) is 0 Å². The summed E-state index contributed by atoms with van der Waals surface area (Å²) in [4.78, 5) is 0. The summed E-state index contributed by atoms with van der Waals surface area (Å²) < 4.78 is 0. The first kappa shape index (κ1) is 11.9. The maximum Gasteiger partial charge on any atom is 0.0471 e. The van der Waals surface area contributed by atoms with E-state index in [1.165, 1.54) is 6.42 Å². The summed E-state index contributed by atoms with van der Waals surface area (Å²) in [6.07, 6.45) is 1.21. The Bertz CT molecular complexity index is 104. The van der Waals surface area contributed by atoms with Crippen LogP contribution in [0.15, 0.2) is 0 Å². The fraction of sp³-hybridized carbons (Fsp3) is 1.00. The first-order valence-electron chi connectivity index (χ1n) is 4.92. The van der Waals surface area contributed by atoms with Gasteiger partial charge >= 0.3 is 0 Å². The van der Waals surface area contributed by atoms with Crippen LogP contribution in [0, 0.1) is 11.8 Å². The van der Waals surface area contributed by atoms with Crippen LogP contribution in [0.25, 0.3) is 0 Å². The number of aliphatic hydroxyl groups excluding tert-OH is 1. The molecule has 0 rings (SSSR count). The number of nitrogens with one attached hydrogen (secondary N) is 1. The molecular formula is C10H23NO. The Kier molecular flexibility index (Phi) is 6.39. The molecule has 0 spiro atoms. The highest BCUT2D eigenvalue weighted by Crippen LogP contribution is 2.02. The van der Waals surface area contributed by atoms with Crippen molar-refractivity contribution in [2.75, 3.05) is 13.2 Å².